The Morgan fingerprint density at radius 3 is 2.78 bits per heavy atom. The number of ether oxygens (including phenoxy) is 1. The van der Waals surface area contributed by atoms with Gasteiger partial charge in [0.15, 0.2) is 11.4 Å². The molecule has 0 saturated carbocycles. The van der Waals surface area contributed by atoms with Crippen molar-refractivity contribution in [3.63, 3.8) is 0 Å². The molecule has 1 amide bonds. The van der Waals surface area contributed by atoms with Crippen LogP contribution >= 0.6 is 0 Å². The molecule has 8 heteroatoms. The number of hydrogen-bond acceptors (Lipinski definition) is 3. The summed E-state index contributed by atoms with van der Waals surface area (Å²) in [5, 5.41) is 9.33. The number of benzene rings is 1. The third kappa shape index (κ3) is 3.84. The van der Waals surface area contributed by atoms with E-state index in [9.17, 15) is 18.7 Å². The summed E-state index contributed by atoms with van der Waals surface area (Å²) in [5.74, 6) is -0.0216. The molecule has 1 N–H and O–H groups in total. The van der Waals surface area contributed by atoms with Gasteiger partial charge in [0.1, 0.15) is 0 Å². The van der Waals surface area contributed by atoms with E-state index in [4.69, 9.17) is 0 Å². The lowest BCUT2D eigenvalue weighted by Gasteiger charge is -2.25. The van der Waals surface area contributed by atoms with Crippen LogP contribution in [-0.2, 0) is 0 Å². The van der Waals surface area contributed by atoms with Crippen LogP contribution in [0.3, 0.4) is 0 Å². The second-order valence-corrected chi connectivity index (χ2v) is 6.00. The fourth-order valence-corrected chi connectivity index (χ4v) is 3.07. The molecule has 0 aliphatic carbocycles. The largest absolute Gasteiger partial charge is 0.465 e. The molecule has 1 atom stereocenters. The Hall–Kier alpha value is -3.16. The number of imidazole rings is 1. The Kier molecular flexibility index (Phi) is 5.25. The van der Waals surface area contributed by atoms with Gasteiger partial charge in [-0.1, -0.05) is 18.2 Å². The summed E-state index contributed by atoms with van der Waals surface area (Å²) >= 11 is 0. The molecule has 0 fully saturated rings. The quantitative estimate of drug-likeness (QED) is 0.680. The van der Waals surface area contributed by atoms with Gasteiger partial charge in [-0.2, -0.15) is 8.78 Å². The number of hydrogen-bond donors (Lipinski definition) is 1. The van der Waals surface area contributed by atoms with Gasteiger partial charge in [-0.05, 0) is 37.1 Å². The maximum Gasteiger partial charge on any atom is 0.407 e. The van der Waals surface area contributed by atoms with Crippen LogP contribution in [0.2, 0.25) is 0 Å². The van der Waals surface area contributed by atoms with Gasteiger partial charge in [-0.15, -0.1) is 0 Å². The average molecular weight is 375 g/mol. The Bertz CT molecular complexity index is 958. The molecule has 0 aliphatic heterocycles. The zero-order valence-corrected chi connectivity index (χ0v) is 14.8. The van der Waals surface area contributed by atoms with E-state index in [1.165, 1.54) is 17.2 Å². The number of amides is 1. The molecule has 27 heavy (non-hydrogen) atoms. The summed E-state index contributed by atoms with van der Waals surface area (Å²) in [6, 6.07) is 8.49. The summed E-state index contributed by atoms with van der Waals surface area (Å²) in [6.07, 6.45) is 3.91. The Morgan fingerprint density at radius 2 is 2.11 bits per heavy atom. The third-order valence-electron chi connectivity index (χ3n) is 4.43. The molecule has 0 saturated heterocycles. The number of halogens is 2. The van der Waals surface area contributed by atoms with Gasteiger partial charge in [0.05, 0.1) is 6.04 Å². The van der Waals surface area contributed by atoms with Crippen LogP contribution in [-0.4, -0.2) is 38.6 Å². The highest BCUT2D eigenvalue weighted by molar-refractivity contribution is 5.70. The number of carboxylic acid groups (broad SMARTS) is 1. The van der Waals surface area contributed by atoms with Crippen LogP contribution in [0.15, 0.2) is 48.9 Å². The first-order valence-corrected chi connectivity index (χ1v) is 8.42. The summed E-state index contributed by atoms with van der Waals surface area (Å²) in [5.41, 5.74) is 2.52. The van der Waals surface area contributed by atoms with Crippen LogP contribution in [0.1, 0.15) is 25.5 Å². The summed E-state index contributed by atoms with van der Waals surface area (Å²) in [7, 11) is 0. The third-order valence-corrected chi connectivity index (χ3v) is 4.43. The van der Waals surface area contributed by atoms with Gasteiger partial charge in [-0.3, -0.25) is 0 Å². The zero-order valence-electron chi connectivity index (χ0n) is 14.8. The molecular weight excluding hydrogens is 356 g/mol. The van der Waals surface area contributed by atoms with Gasteiger partial charge in [0, 0.05) is 30.7 Å². The van der Waals surface area contributed by atoms with Crippen molar-refractivity contribution in [1.29, 1.82) is 0 Å². The highest BCUT2D eigenvalue weighted by atomic mass is 19.3. The molecule has 3 aromatic rings. The Balaban J connectivity index is 2.03. The fraction of sp³-hybridized carbons (Fsp3) is 0.263. The first-order valence-electron chi connectivity index (χ1n) is 8.42. The normalized spacial score (nSPS) is 12.3. The number of rotatable bonds is 6. The van der Waals surface area contributed by atoms with E-state index in [0.29, 0.717) is 17.8 Å². The summed E-state index contributed by atoms with van der Waals surface area (Å²) in [4.78, 5) is 16.8. The number of alkyl halides is 2. The van der Waals surface area contributed by atoms with Crippen molar-refractivity contribution in [2.24, 2.45) is 0 Å². The summed E-state index contributed by atoms with van der Waals surface area (Å²) < 4.78 is 31.7. The van der Waals surface area contributed by atoms with Crippen molar-refractivity contribution in [3.8, 4) is 16.9 Å². The minimum atomic E-state index is -2.96. The van der Waals surface area contributed by atoms with Gasteiger partial charge < -0.3 is 19.1 Å². The molecule has 1 unspecified atom stereocenters. The molecule has 1 aromatic carbocycles. The molecule has 3 rings (SSSR count). The number of carbonyl (C=O) groups is 1. The van der Waals surface area contributed by atoms with Crippen molar-refractivity contribution in [3.05, 3.63) is 54.5 Å². The summed E-state index contributed by atoms with van der Waals surface area (Å²) in [6.45, 7) is 0.978. The smallest absolute Gasteiger partial charge is 0.407 e. The number of pyridine rings is 1. The van der Waals surface area contributed by atoms with Gasteiger partial charge in [0.25, 0.3) is 0 Å². The van der Waals surface area contributed by atoms with Crippen molar-refractivity contribution in [1.82, 2.24) is 14.3 Å². The highest BCUT2D eigenvalue weighted by Gasteiger charge is 2.19. The van der Waals surface area contributed by atoms with Crippen molar-refractivity contribution >= 4 is 11.7 Å². The highest BCUT2D eigenvalue weighted by Crippen LogP contribution is 2.31. The first kappa shape index (κ1) is 18.6. The van der Waals surface area contributed by atoms with Crippen LogP contribution < -0.4 is 4.74 Å². The van der Waals surface area contributed by atoms with Crippen molar-refractivity contribution < 1.29 is 23.4 Å². The maximum absolute atomic E-state index is 12.7. The molecule has 0 spiro atoms. The van der Waals surface area contributed by atoms with Crippen LogP contribution in [0.25, 0.3) is 16.8 Å². The molecule has 0 aliphatic rings. The lowest BCUT2D eigenvalue weighted by Crippen LogP contribution is -2.31. The van der Waals surface area contributed by atoms with Crippen LogP contribution in [0.4, 0.5) is 13.6 Å². The Morgan fingerprint density at radius 1 is 1.33 bits per heavy atom. The number of nitrogens with zero attached hydrogens (tertiary/aromatic N) is 3. The van der Waals surface area contributed by atoms with Crippen LogP contribution in [0, 0.1) is 0 Å². The standard InChI is InChI=1S/C19H19F2N3O3/c1-3-24(19(25)26)12(2)13-5-4-6-14(9-13)15-10-16(27-18(20)21)17-22-7-8-23(17)11-15/h4-12,18H,3H2,1-2H3,(H,25,26). The minimum absolute atomic E-state index is 0.0216. The van der Waals surface area contributed by atoms with E-state index in [0.717, 1.165) is 11.1 Å². The zero-order chi connectivity index (χ0) is 19.6. The van der Waals surface area contributed by atoms with Crippen molar-refractivity contribution in [2.45, 2.75) is 26.5 Å². The lowest BCUT2D eigenvalue weighted by molar-refractivity contribution is -0.0491. The van der Waals surface area contributed by atoms with E-state index >= 15 is 0 Å². The van der Waals surface area contributed by atoms with Crippen LogP contribution in [0.5, 0.6) is 5.75 Å². The number of aromatic nitrogens is 2. The molecule has 0 bridgehead atoms. The first-order chi connectivity index (χ1) is 12.9. The molecule has 142 valence electrons. The van der Waals surface area contributed by atoms with Gasteiger partial charge in [0.2, 0.25) is 0 Å². The molecule has 2 aromatic heterocycles. The SMILES string of the molecule is CCN(C(=O)O)C(C)c1cccc(-c2cc(OC(F)F)c3nccn3c2)c1. The number of fused-ring (bicyclic) bond motifs is 1. The maximum atomic E-state index is 12.7. The second-order valence-electron chi connectivity index (χ2n) is 6.00. The van der Waals surface area contributed by atoms with Crippen molar-refractivity contribution in [2.75, 3.05) is 6.54 Å². The molecule has 0 radical (unpaired) electrons. The minimum Gasteiger partial charge on any atom is -0.465 e. The lowest BCUT2D eigenvalue weighted by atomic mass is 10.0. The second kappa shape index (κ2) is 7.61. The van der Waals surface area contributed by atoms with Gasteiger partial charge >= 0.3 is 12.7 Å². The topological polar surface area (TPSA) is 67.1 Å². The van der Waals surface area contributed by atoms with E-state index in [1.54, 1.807) is 30.6 Å². The molecular formula is C19H19F2N3O3. The van der Waals surface area contributed by atoms with E-state index < -0.39 is 12.7 Å². The monoisotopic (exact) mass is 375 g/mol. The van der Waals surface area contributed by atoms with E-state index in [2.05, 4.69) is 9.72 Å². The predicted molar refractivity (Wildman–Crippen MR) is 96.1 cm³/mol. The Labute approximate surface area is 154 Å². The predicted octanol–water partition coefficient (Wildman–Crippen LogP) is 4.66. The van der Waals surface area contributed by atoms with E-state index in [-0.39, 0.29) is 11.8 Å². The average Bonchev–Trinajstić information content (AvgIpc) is 3.10. The van der Waals surface area contributed by atoms with E-state index in [1.807, 2.05) is 24.3 Å². The molecule has 2 heterocycles. The molecule has 6 nitrogen and oxygen atoms in total. The van der Waals surface area contributed by atoms with Gasteiger partial charge in [-0.25, -0.2) is 9.78 Å². The fourth-order valence-electron chi connectivity index (χ4n) is 3.07.